The number of aromatic carboxylic acids is 1. The highest BCUT2D eigenvalue weighted by atomic mass is 16.4. The minimum Gasteiger partial charge on any atom is -0.478 e. The Morgan fingerprint density at radius 2 is 2.20 bits per heavy atom. The lowest BCUT2D eigenvalue weighted by Crippen LogP contribution is -2.09. The molecule has 6 heteroatoms. The van der Waals surface area contributed by atoms with E-state index >= 15 is 0 Å². The Morgan fingerprint density at radius 3 is 2.90 bits per heavy atom. The topological polar surface area (TPSA) is 72.9 Å². The van der Waals surface area contributed by atoms with Crippen molar-refractivity contribution in [3.63, 3.8) is 0 Å². The van der Waals surface area contributed by atoms with Gasteiger partial charge < -0.3 is 14.2 Å². The Bertz CT molecular complexity index is 759. The first-order chi connectivity index (χ1) is 9.66. The molecule has 1 N–H and O–H groups in total. The van der Waals surface area contributed by atoms with Gasteiger partial charge in [0.1, 0.15) is 5.82 Å². The van der Waals surface area contributed by atoms with Crippen LogP contribution >= 0.6 is 0 Å². The Balaban J connectivity index is 2.04. The summed E-state index contributed by atoms with van der Waals surface area (Å²) < 4.78 is 3.90. The molecule has 0 spiro atoms. The maximum Gasteiger partial charge on any atom is 0.337 e. The summed E-state index contributed by atoms with van der Waals surface area (Å²) >= 11 is 0. The summed E-state index contributed by atoms with van der Waals surface area (Å²) in [5, 5.41) is 9.31. The number of carboxylic acid groups (broad SMARTS) is 1. The molecule has 2 heterocycles. The molecule has 0 atom stereocenters. The average Bonchev–Trinajstić information content (AvgIpc) is 3.02. The van der Waals surface area contributed by atoms with Gasteiger partial charge in [0, 0.05) is 25.5 Å². The number of carbonyl (C=O) groups is 1. The maximum absolute atomic E-state index is 11.4. The van der Waals surface area contributed by atoms with Crippen molar-refractivity contribution in [2.75, 3.05) is 0 Å². The van der Waals surface area contributed by atoms with E-state index in [1.165, 1.54) is 0 Å². The maximum atomic E-state index is 11.4. The van der Waals surface area contributed by atoms with Gasteiger partial charge in [-0.2, -0.15) is 0 Å². The van der Waals surface area contributed by atoms with Gasteiger partial charge in [-0.25, -0.2) is 14.8 Å². The third-order valence-electron chi connectivity index (χ3n) is 3.33. The van der Waals surface area contributed by atoms with E-state index in [4.69, 9.17) is 0 Å². The van der Waals surface area contributed by atoms with Crippen LogP contribution in [-0.4, -0.2) is 30.2 Å². The lowest BCUT2D eigenvalue weighted by Gasteiger charge is -2.09. The number of imidazole rings is 2. The number of carboxylic acids is 1. The molecule has 0 saturated carbocycles. The van der Waals surface area contributed by atoms with Crippen molar-refractivity contribution in [3.05, 3.63) is 48.3 Å². The smallest absolute Gasteiger partial charge is 0.337 e. The van der Waals surface area contributed by atoms with Gasteiger partial charge in [-0.15, -0.1) is 0 Å². The lowest BCUT2D eigenvalue weighted by atomic mass is 10.2. The Kier molecular flexibility index (Phi) is 2.98. The van der Waals surface area contributed by atoms with Crippen molar-refractivity contribution in [2.45, 2.75) is 20.0 Å². The van der Waals surface area contributed by atoms with Crippen molar-refractivity contribution in [1.29, 1.82) is 0 Å². The molecule has 0 aliphatic heterocycles. The van der Waals surface area contributed by atoms with Gasteiger partial charge in [-0.05, 0) is 19.1 Å². The van der Waals surface area contributed by atoms with Crippen LogP contribution in [-0.2, 0) is 13.1 Å². The van der Waals surface area contributed by atoms with Crippen LogP contribution in [0.3, 0.4) is 0 Å². The molecule has 0 fully saturated rings. The highest BCUT2D eigenvalue weighted by molar-refractivity contribution is 6.01. The van der Waals surface area contributed by atoms with Crippen LogP contribution in [0.1, 0.15) is 16.2 Å². The first kappa shape index (κ1) is 12.4. The van der Waals surface area contributed by atoms with E-state index in [2.05, 4.69) is 9.97 Å². The lowest BCUT2D eigenvalue weighted by molar-refractivity contribution is 0.0698. The van der Waals surface area contributed by atoms with E-state index < -0.39 is 5.97 Å². The Morgan fingerprint density at radius 1 is 1.35 bits per heavy atom. The first-order valence-electron chi connectivity index (χ1n) is 6.31. The van der Waals surface area contributed by atoms with E-state index in [1.807, 2.05) is 28.3 Å². The average molecular weight is 270 g/mol. The van der Waals surface area contributed by atoms with E-state index in [-0.39, 0.29) is 5.56 Å². The molecule has 102 valence electrons. The number of aryl methyl sites for hydroxylation is 3. The fourth-order valence-electron chi connectivity index (χ4n) is 2.38. The number of benzene rings is 1. The van der Waals surface area contributed by atoms with Crippen LogP contribution in [0.4, 0.5) is 0 Å². The second-order valence-electron chi connectivity index (χ2n) is 4.59. The molecule has 1 aromatic carbocycles. The van der Waals surface area contributed by atoms with Gasteiger partial charge >= 0.3 is 5.97 Å². The quantitative estimate of drug-likeness (QED) is 0.786. The third kappa shape index (κ3) is 2.05. The normalized spacial score (nSPS) is 11.1. The summed E-state index contributed by atoms with van der Waals surface area (Å²) in [5.74, 6) is -0.117. The van der Waals surface area contributed by atoms with Gasteiger partial charge in [0.05, 0.1) is 22.9 Å². The zero-order valence-corrected chi connectivity index (χ0v) is 11.0. The minimum atomic E-state index is -0.931. The van der Waals surface area contributed by atoms with E-state index in [1.54, 1.807) is 24.7 Å². The highest BCUT2D eigenvalue weighted by Crippen LogP contribution is 2.20. The molecule has 0 radical (unpaired) electrons. The van der Waals surface area contributed by atoms with E-state index in [9.17, 15) is 9.90 Å². The van der Waals surface area contributed by atoms with Crippen LogP contribution in [0.15, 0.2) is 36.9 Å². The monoisotopic (exact) mass is 270 g/mol. The molecule has 6 nitrogen and oxygen atoms in total. The molecule has 0 bridgehead atoms. The minimum absolute atomic E-state index is 0.286. The molecule has 0 unspecified atom stereocenters. The zero-order valence-electron chi connectivity index (χ0n) is 11.0. The zero-order chi connectivity index (χ0) is 14.1. The Labute approximate surface area is 115 Å². The summed E-state index contributed by atoms with van der Waals surface area (Å²) in [7, 11) is 0. The van der Waals surface area contributed by atoms with Crippen molar-refractivity contribution in [3.8, 4) is 0 Å². The molecule has 0 amide bonds. The van der Waals surface area contributed by atoms with E-state index in [0.29, 0.717) is 17.6 Å². The number of para-hydroxylation sites is 1. The number of hydrogen-bond acceptors (Lipinski definition) is 3. The summed E-state index contributed by atoms with van der Waals surface area (Å²) in [6.45, 7) is 3.27. The van der Waals surface area contributed by atoms with Crippen LogP contribution < -0.4 is 0 Å². The van der Waals surface area contributed by atoms with Gasteiger partial charge in [0.15, 0.2) is 0 Å². The molecule has 0 aliphatic rings. The molecular weight excluding hydrogens is 256 g/mol. The van der Waals surface area contributed by atoms with Crippen LogP contribution in [0.2, 0.25) is 0 Å². The first-order valence-corrected chi connectivity index (χ1v) is 6.31. The second-order valence-corrected chi connectivity index (χ2v) is 4.59. The Hall–Kier alpha value is -2.63. The molecule has 3 aromatic rings. The van der Waals surface area contributed by atoms with E-state index in [0.717, 1.165) is 12.4 Å². The fourth-order valence-corrected chi connectivity index (χ4v) is 2.38. The predicted octanol–water partition coefficient (Wildman–Crippen LogP) is 1.94. The molecular formula is C14H14N4O2. The second kappa shape index (κ2) is 4.80. The molecule has 0 aliphatic carbocycles. The molecule has 0 saturated heterocycles. The SMILES string of the molecule is Cc1nc2cccc(C(=O)O)c2n1CCn1ccnc1. The van der Waals surface area contributed by atoms with Crippen LogP contribution in [0.5, 0.6) is 0 Å². The summed E-state index contributed by atoms with van der Waals surface area (Å²) in [6.07, 6.45) is 5.35. The standard InChI is InChI=1S/C14H14N4O2/c1-10-16-12-4-2-3-11(14(19)20)13(12)18(10)8-7-17-6-5-15-9-17/h2-6,9H,7-8H2,1H3,(H,19,20). The molecule has 2 aromatic heterocycles. The van der Waals surface area contributed by atoms with Crippen LogP contribution in [0, 0.1) is 6.92 Å². The van der Waals surface area contributed by atoms with Gasteiger partial charge in [-0.3, -0.25) is 0 Å². The van der Waals surface area contributed by atoms with Gasteiger partial charge in [0.2, 0.25) is 0 Å². The number of rotatable bonds is 4. The number of hydrogen-bond donors (Lipinski definition) is 1. The van der Waals surface area contributed by atoms with Gasteiger partial charge in [-0.1, -0.05) is 6.07 Å². The summed E-state index contributed by atoms with van der Waals surface area (Å²) in [4.78, 5) is 19.8. The molecule has 3 rings (SSSR count). The van der Waals surface area contributed by atoms with Crippen molar-refractivity contribution in [2.24, 2.45) is 0 Å². The fraction of sp³-hybridized carbons (Fsp3) is 0.214. The van der Waals surface area contributed by atoms with Gasteiger partial charge in [0.25, 0.3) is 0 Å². The molecule has 20 heavy (non-hydrogen) atoms. The van der Waals surface area contributed by atoms with Crippen molar-refractivity contribution < 1.29 is 9.90 Å². The highest BCUT2D eigenvalue weighted by Gasteiger charge is 2.15. The predicted molar refractivity (Wildman–Crippen MR) is 73.7 cm³/mol. The largest absolute Gasteiger partial charge is 0.478 e. The number of fused-ring (bicyclic) bond motifs is 1. The van der Waals surface area contributed by atoms with Crippen molar-refractivity contribution >= 4 is 17.0 Å². The number of aromatic nitrogens is 4. The third-order valence-corrected chi connectivity index (χ3v) is 3.33. The summed E-state index contributed by atoms with van der Waals surface area (Å²) in [5.41, 5.74) is 1.68. The number of nitrogens with zero attached hydrogens (tertiary/aromatic N) is 4. The van der Waals surface area contributed by atoms with Crippen LogP contribution in [0.25, 0.3) is 11.0 Å². The van der Waals surface area contributed by atoms with Crippen molar-refractivity contribution in [1.82, 2.24) is 19.1 Å². The summed E-state index contributed by atoms with van der Waals surface area (Å²) in [6, 6.07) is 5.17.